The number of hydrogen-bond donors (Lipinski definition) is 2. The summed E-state index contributed by atoms with van der Waals surface area (Å²) in [5.74, 6) is -3.68. The summed E-state index contributed by atoms with van der Waals surface area (Å²) in [5, 5.41) is 5.48. The highest BCUT2D eigenvalue weighted by Crippen LogP contribution is 2.31. The summed E-state index contributed by atoms with van der Waals surface area (Å²) in [5.41, 5.74) is 0.144. The number of carbonyl (C=O) groups is 3. The van der Waals surface area contributed by atoms with Crippen LogP contribution in [0.4, 0.5) is 36.6 Å². The Balaban J connectivity index is 1.14. The quantitative estimate of drug-likeness (QED) is 0.227. The van der Waals surface area contributed by atoms with E-state index in [1.165, 1.54) is 79.9 Å². The highest BCUT2D eigenvalue weighted by Gasteiger charge is 2.46. The predicted molar refractivity (Wildman–Crippen MR) is 176 cm³/mol. The van der Waals surface area contributed by atoms with Gasteiger partial charge in [-0.3, -0.25) is 9.59 Å². The number of aromatic nitrogens is 2. The summed E-state index contributed by atoms with van der Waals surface area (Å²) in [4.78, 5) is 50.9. The van der Waals surface area contributed by atoms with E-state index in [-0.39, 0.29) is 52.8 Å². The fourth-order valence-corrected chi connectivity index (χ4v) is 6.18. The number of pyridine rings is 2. The second kappa shape index (κ2) is 14.1. The van der Waals surface area contributed by atoms with Crippen LogP contribution < -0.4 is 20.3 Å². The number of anilines is 4. The van der Waals surface area contributed by atoms with Crippen LogP contribution >= 0.6 is 0 Å². The maximum atomic E-state index is 15.2. The molecule has 2 aromatic heterocycles. The number of nitrogens with one attached hydrogen (secondary N) is 2. The molecule has 14 nitrogen and oxygen atoms in total. The Labute approximate surface area is 285 Å². The number of rotatable bonds is 10. The highest BCUT2D eigenvalue weighted by molar-refractivity contribution is 7.89. The van der Waals surface area contributed by atoms with E-state index in [2.05, 4.69) is 20.6 Å². The Morgan fingerprint density at radius 2 is 1.78 bits per heavy atom. The van der Waals surface area contributed by atoms with Crippen molar-refractivity contribution in [3.05, 3.63) is 90.8 Å². The standard InChI is InChI=1S/C33H31F2N7O7S/c1-40(2)50(46,47)25-8-10-29(37-17-25)39-30-16-24(11-13-36-30)49-28-9-5-21(15-27(28)35)38-31(43)26-18-41(23-12-14-48-19-23)33(45)42(32(26)44)22-6-3-20(34)4-7-22/h3-11,13,15-17,23,26H,12,14,18-19H2,1-2H3,(H,38,43)(H,36,37,39)/t23-,26?/m1/s1. The van der Waals surface area contributed by atoms with Gasteiger partial charge in [-0.2, -0.15) is 0 Å². The third kappa shape index (κ3) is 7.24. The molecule has 2 aliphatic heterocycles. The van der Waals surface area contributed by atoms with Crippen molar-refractivity contribution in [1.82, 2.24) is 19.2 Å². The van der Waals surface area contributed by atoms with Crippen molar-refractivity contribution < 1.29 is 41.1 Å². The van der Waals surface area contributed by atoms with E-state index in [0.29, 0.717) is 18.8 Å². The van der Waals surface area contributed by atoms with Crippen molar-refractivity contribution in [2.75, 3.05) is 49.4 Å². The van der Waals surface area contributed by atoms with E-state index in [9.17, 15) is 27.2 Å². The first kappa shape index (κ1) is 34.3. The van der Waals surface area contributed by atoms with Crippen molar-refractivity contribution in [3.8, 4) is 11.5 Å². The molecule has 6 rings (SSSR count). The van der Waals surface area contributed by atoms with Crippen molar-refractivity contribution in [3.63, 3.8) is 0 Å². The molecule has 0 spiro atoms. The van der Waals surface area contributed by atoms with Gasteiger partial charge >= 0.3 is 6.03 Å². The van der Waals surface area contributed by atoms with Gasteiger partial charge in [-0.15, -0.1) is 0 Å². The van der Waals surface area contributed by atoms with Crippen molar-refractivity contribution >= 4 is 50.9 Å². The zero-order valence-electron chi connectivity index (χ0n) is 26.7. The third-order valence-corrected chi connectivity index (χ3v) is 9.81. The summed E-state index contributed by atoms with van der Waals surface area (Å²) < 4.78 is 65.6. The van der Waals surface area contributed by atoms with Crippen LogP contribution in [-0.4, -0.2) is 85.3 Å². The van der Waals surface area contributed by atoms with Crippen LogP contribution in [0.3, 0.4) is 0 Å². The van der Waals surface area contributed by atoms with Gasteiger partial charge in [-0.05, 0) is 61.0 Å². The lowest BCUT2D eigenvalue weighted by Gasteiger charge is -2.40. The molecule has 0 aliphatic carbocycles. The van der Waals surface area contributed by atoms with Gasteiger partial charge in [0.25, 0.3) is 0 Å². The molecule has 0 radical (unpaired) electrons. The van der Waals surface area contributed by atoms with E-state index in [1.807, 2.05) is 0 Å². The zero-order chi connectivity index (χ0) is 35.6. The van der Waals surface area contributed by atoms with Gasteiger partial charge in [-0.25, -0.2) is 41.2 Å². The number of amides is 4. The lowest BCUT2D eigenvalue weighted by atomic mass is 10.0. The van der Waals surface area contributed by atoms with Gasteiger partial charge in [0, 0.05) is 57.5 Å². The van der Waals surface area contributed by atoms with Crippen LogP contribution in [0, 0.1) is 17.6 Å². The molecule has 17 heteroatoms. The first-order chi connectivity index (χ1) is 23.9. The molecule has 0 bridgehead atoms. The van der Waals surface area contributed by atoms with Gasteiger partial charge in [-0.1, -0.05) is 0 Å². The largest absolute Gasteiger partial charge is 0.454 e. The second-order valence-electron chi connectivity index (χ2n) is 11.6. The normalized spacial score (nSPS) is 18.0. The molecule has 4 heterocycles. The molecule has 50 heavy (non-hydrogen) atoms. The molecule has 4 aromatic rings. The molecule has 2 aliphatic rings. The third-order valence-electron chi connectivity index (χ3n) is 8.01. The Kier molecular flexibility index (Phi) is 9.72. The summed E-state index contributed by atoms with van der Waals surface area (Å²) >= 11 is 0. The van der Waals surface area contributed by atoms with Gasteiger partial charge in [0.05, 0.1) is 18.3 Å². The average Bonchev–Trinajstić information content (AvgIpc) is 3.62. The molecule has 260 valence electrons. The highest BCUT2D eigenvalue weighted by atomic mass is 32.2. The molecule has 2 aromatic carbocycles. The predicted octanol–water partition coefficient (Wildman–Crippen LogP) is 4.35. The van der Waals surface area contributed by atoms with Crippen molar-refractivity contribution in [2.45, 2.75) is 17.4 Å². The molecular weight excluding hydrogens is 676 g/mol. The molecule has 2 saturated heterocycles. The van der Waals surface area contributed by atoms with Gasteiger partial charge in [0.15, 0.2) is 11.6 Å². The first-order valence-electron chi connectivity index (χ1n) is 15.3. The SMILES string of the molecule is CN(C)S(=O)(=O)c1ccc(Nc2cc(Oc3ccc(NC(=O)C4CN([C@@H]5CCOC5)C(=O)N(c5ccc(F)cc5)C4=O)cc3F)ccn2)nc1. The lowest BCUT2D eigenvalue weighted by molar-refractivity contribution is -0.132. The molecular formula is C33H31F2N7O7S. The zero-order valence-corrected chi connectivity index (χ0v) is 27.6. The number of benzene rings is 2. The van der Waals surface area contributed by atoms with E-state index >= 15 is 4.39 Å². The first-order valence-corrected chi connectivity index (χ1v) is 16.7. The number of sulfonamides is 1. The molecule has 4 amide bonds. The fraction of sp³-hybridized carbons (Fsp3) is 0.242. The summed E-state index contributed by atoms with van der Waals surface area (Å²) in [6.07, 6.45) is 3.14. The minimum absolute atomic E-state index is 0.0155. The molecule has 1 unspecified atom stereocenters. The number of carbonyl (C=O) groups excluding carboxylic acids is 3. The summed E-state index contributed by atoms with van der Waals surface area (Å²) in [7, 11) is -0.818. The molecule has 0 saturated carbocycles. The van der Waals surface area contributed by atoms with E-state index < -0.39 is 45.4 Å². The number of urea groups is 1. The van der Waals surface area contributed by atoms with Crippen LogP contribution in [-0.2, 0) is 24.3 Å². The number of hydrogen-bond acceptors (Lipinski definition) is 10. The van der Waals surface area contributed by atoms with Crippen molar-refractivity contribution in [2.24, 2.45) is 5.92 Å². The van der Waals surface area contributed by atoms with Crippen LogP contribution in [0.5, 0.6) is 11.5 Å². The molecule has 2 fully saturated rings. The lowest BCUT2D eigenvalue weighted by Crippen LogP contribution is -2.62. The monoisotopic (exact) mass is 707 g/mol. The Hall–Kier alpha value is -5.52. The number of halogens is 2. The Morgan fingerprint density at radius 1 is 1.00 bits per heavy atom. The maximum absolute atomic E-state index is 15.2. The number of imide groups is 1. The van der Waals surface area contributed by atoms with Gasteiger partial charge < -0.3 is 25.0 Å². The van der Waals surface area contributed by atoms with E-state index in [1.54, 1.807) is 0 Å². The Bertz CT molecular complexity index is 2030. The molecule has 2 N–H and O–H groups in total. The van der Waals surface area contributed by atoms with Gasteiger partial charge in [0.2, 0.25) is 21.8 Å². The summed E-state index contributed by atoms with van der Waals surface area (Å²) in [6, 6.07) is 13.3. The van der Waals surface area contributed by atoms with Crippen LogP contribution in [0.1, 0.15) is 6.42 Å². The smallest absolute Gasteiger partial charge is 0.331 e. The second-order valence-corrected chi connectivity index (χ2v) is 13.7. The minimum atomic E-state index is -3.65. The summed E-state index contributed by atoms with van der Waals surface area (Å²) in [6.45, 7) is 0.435. The van der Waals surface area contributed by atoms with Crippen LogP contribution in [0.25, 0.3) is 0 Å². The van der Waals surface area contributed by atoms with E-state index in [0.717, 1.165) is 27.4 Å². The van der Waals surface area contributed by atoms with Gasteiger partial charge in [0.1, 0.15) is 34.0 Å². The number of nitrogens with zero attached hydrogens (tertiary/aromatic N) is 5. The van der Waals surface area contributed by atoms with Crippen molar-refractivity contribution in [1.29, 1.82) is 0 Å². The average molecular weight is 708 g/mol. The van der Waals surface area contributed by atoms with Crippen LogP contribution in [0.2, 0.25) is 0 Å². The maximum Gasteiger partial charge on any atom is 0.331 e. The van der Waals surface area contributed by atoms with E-state index in [4.69, 9.17) is 9.47 Å². The Morgan fingerprint density at radius 3 is 2.44 bits per heavy atom. The molecule has 2 atom stereocenters. The number of ether oxygens (including phenoxy) is 2. The fourth-order valence-electron chi connectivity index (χ4n) is 5.34. The topological polar surface area (TPSA) is 163 Å². The minimum Gasteiger partial charge on any atom is -0.454 e. The van der Waals surface area contributed by atoms with Crippen LogP contribution in [0.15, 0.2) is 84.0 Å².